The van der Waals surface area contributed by atoms with E-state index in [2.05, 4.69) is 15.0 Å². The number of benzene rings is 1. The zero-order valence-electron chi connectivity index (χ0n) is 11.9. The van der Waals surface area contributed by atoms with Crippen molar-refractivity contribution in [2.45, 2.75) is 26.2 Å². The molecule has 0 aliphatic carbocycles. The highest BCUT2D eigenvalue weighted by Gasteiger charge is 2.20. The highest BCUT2D eigenvalue weighted by Crippen LogP contribution is 2.26. The minimum Gasteiger partial charge on any atom is -0.494 e. The van der Waals surface area contributed by atoms with Crippen LogP contribution in [0, 0.1) is 5.82 Å². The number of aromatic nitrogens is 3. The zero-order valence-corrected chi connectivity index (χ0v) is 11.9. The van der Waals surface area contributed by atoms with E-state index in [1.807, 2.05) is 20.8 Å². The predicted molar refractivity (Wildman–Crippen MR) is 74.9 cm³/mol. The van der Waals surface area contributed by atoms with Gasteiger partial charge in [-0.3, -0.25) is 0 Å². The van der Waals surface area contributed by atoms with E-state index in [9.17, 15) is 4.39 Å². The number of halogens is 1. The number of ether oxygens (including phenoxy) is 1. The van der Waals surface area contributed by atoms with Crippen molar-refractivity contribution in [3.8, 4) is 17.1 Å². The fourth-order valence-corrected chi connectivity index (χ4v) is 1.66. The second kappa shape index (κ2) is 5.03. The fraction of sp³-hybridized carbons (Fsp3) is 0.357. The van der Waals surface area contributed by atoms with Gasteiger partial charge in [0.25, 0.3) is 0 Å². The molecule has 1 aromatic heterocycles. The third kappa shape index (κ3) is 2.84. The summed E-state index contributed by atoms with van der Waals surface area (Å²) in [5, 5.41) is 0. The number of methoxy groups -OCH3 is 1. The smallest absolute Gasteiger partial charge is 0.223 e. The molecule has 6 heteroatoms. The van der Waals surface area contributed by atoms with Gasteiger partial charge < -0.3 is 10.5 Å². The van der Waals surface area contributed by atoms with E-state index in [1.54, 1.807) is 6.07 Å². The largest absolute Gasteiger partial charge is 0.494 e. The highest BCUT2D eigenvalue weighted by atomic mass is 19.1. The molecule has 0 aliphatic heterocycles. The standard InChI is InChI=1S/C14H17FN4O/c1-14(2,3)12-17-11(18-13(16)19-12)8-5-6-9(15)10(7-8)20-4/h5-7H,1-4H3,(H2,16,17,18,19). The lowest BCUT2D eigenvalue weighted by Crippen LogP contribution is -2.18. The quantitative estimate of drug-likeness (QED) is 0.912. The summed E-state index contributed by atoms with van der Waals surface area (Å²) in [5.41, 5.74) is 6.10. The van der Waals surface area contributed by atoms with Crippen LogP contribution in [0.4, 0.5) is 10.3 Å². The summed E-state index contributed by atoms with van der Waals surface area (Å²) in [6, 6.07) is 4.43. The average Bonchev–Trinajstić information content (AvgIpc) is 2.37. The molecule has 0 saturated heterocycles. The van der Waals surface area contributed by atoms with Crippen molar-refractivity contribution in [2.24, 2.45) is 0 Å². The van der Waals surface area contributed by atoms with Crippen LogP contribution in [0.5, 0.6) is 5.75 Å². The van der Waals surface area contributed by atoms with Crippen LogP contribution in [-0.4, -0.2) is 22.1 Å². The number of hydrogen-bond donors (Lipinski definition) is 1. The Balaban J connectivity index is 2.55. The van der Waals surface area contributed by atoms with E-state index < -0.39 is 5.82 Å². The third-order valence-corrected chi connectivity index (χ3v) is 2.73. The number of nitrogens with zero attached hydrogens (tertiary/aromatic N) is 3. The summed E-state index contributed by atoms with van der Waals surface area (Å²) in [5.74, 6) is 0.834. The van der Waals surface area contributed by atoms with Gasteiger partial charge in [0.2, 0.25) is 5.95 Å². The molecule has 0 bridgehead atoms. The maximum absolute atomic E-state index is 13.4. The van der Waals surface area contributed by atoms with Crippen molar-refractivity contribution < 1.29 is 9.13 Å². The van der Waals surface area contributed by atoms with Crippen LogP contribution < -0.4 is 10.5 Å². The molecule has 2 aromatic rings. The molecule has 0 spiro atoms. The molecule has 0 atom stereocenters. The van der Waals surface area contributed by atoms with Crippen LogP contribution in [0.25, 0.3) is 11.4 Å². The Morgan fingerprint density at radius 3 is 2.45 bits per heavy atom. The molecular weight excluding hydrogens is 259 g/mol. The molecule has 0 radical (unpaired) electrons. The Morgan fingerprint density at radius 2 is 1.85 bits per heavy atom. The van der Waals surface area contributed by atoms with Crippen molar-refractivity contribution in [3.05, 3.63) is 29.8 Å². The van der Waals surface area contributed by atoms with Crippen LogP contribution in [0.2, 0.25) is 0 Å². The monoisotopic (exact) mass is 276 g/mol. The maximum Gasteiger partial charge on any atom is 0.223 e. The van der Waals surface area contributed by atoms with Gasteiger partial charge in [0.15, 0.2) is 17.4 Å². The summed E-state index contributed by atoms with van der Waals surface area (Å²) in [6.07, 6.45) is 0. The highest BCUT2D eigenvalue weighted by molar-refractivity contribution is 5.58. The van der Waals surface area contributed by atoms with Gasteiger partial charge >= 0.3 is 0 Å². The molecule has 1 aromatic carbocycles. The molecule has 2 rings (SSSR count). The summed E-state index contributed by atoms with van der Waals surface area (Å²) in [4.78, 5) is 12.6. The van der Waals surface area contributed by atoms with E-state index in [1.165, 1.54) is 19.2 Å². The topological polar surface area (TPSA) is 73.9 Å². The van der Waals surface area contributed by atoms with Gasteiger partial charge in [-0.2, -0.15) is 9.97 Å². The molecule has 106 valence electrons. The number of anilines is 1. The lowest BCUT2D eigenvalue weighted by Gasteiger charge is -2.17. The summed E-state index contributed by atoms with van der Waals surface area (Å²) in [7, 11) is 1.41. The average molecular weight is 276 g/mol. The Kier molecular flexibility index (Phi) is 3.57. The van der Waals surface area contributed by atoms with Crippen LogP contribution in [0.1, 0.15) is 26.6 Å². The van der Waals surface area contributed by atoms with Gasteiger partial charge in [-0.15, -0.1) is 0 Å². The van der Waals surface area contributed by atoms with Crippen molar-refractivity contribution in [1.82, 2.24) is 15.0 Å². The van der Waals surface area contributed by atoms with Gasteiger partial charge in [0.1, 0.15) is 5.82 Å². The number of hydrogen-bond acceptors (Lipinski definition) is 5. The number of nitrogens with two attached hydrogens (primary N) is 1. The predicted octanol–water partition coefficient (Wildman–Crippen LogP) is 2.57. The molecule has 0 unspecified atom stereocenters. The normalized spacial score (nSPS) is 11.4. The van der Waals surface area contributed by atoms with Crippen LogP contribution in [0.3, 0.4) is 0 Å². The first-order chi connectivity index (χ1) is 9.31. The van der Waals surface area contributed by atoms with Crippen molar-refractivity contribution in [2.75, 3.05) is 12.8 Å². The Labute approximate surface area is 117 Å². The van der Waals surface area contributed by atoms with Crippen molar-refractivity contribution in [3.63, 3.8) is 0 Å². The lowest BCUT2D eigenvalue weighted by atomic mass is 9.96. The summed E-state index contributed by atoms with van der Waals surface area (Å²) in [6.45, 7) is 5.95. The molecule has 0 saturated carbocycles. The molecule has 5 nitrogen and oxygen atoms in total. The third-order valence-electron chi connectivity index (χ3n) is 2.73. The minimum absolute atomic E-state index is 0.138. The van der Waals surface area contributed by atoms with Crippen molar-refractivity contribution in [1.29, 1.82) is 0 Å². The molecular formula is C14H17FN4O. The summed E-state index contributed by atoms with van der Waals surface area (Å²) < 4.78 is 18.4. The molecule has 1 heterocycles. The number of nitrogen functional groups attached to an aromatic ring is 1. The second-order valence-corrected chi connectivity index (χ2v) is 5.44. The first-order valence-electron chi connectivity index (χ1n) is 6.17. The maximum atomic E-state index is 13.4. The molecule has 0 amide bonds. The van der Waals surface area contributed by atoms with Gasteiger partial charge in [-0.25, -0.2) is 9.37 Å². The van der Waals surface area contributed by atoms with E-state index in [4.69, 9.17) is 10.5 Å². The molecule has 0 aliphatic rings. The second-order valence-electron chi connectivity index (χ2n) is 5.44. The zero-order chi connectivity index (χ0) is 14.9. The van der Waals surface area contributed by atoms with E-state index in [0.717, 1.165) is 0 Å². The van der Waals surface area contributed by atoms with Crippen LogP contribution >= 0.6 is 0 Å². The molecule has 20 heavy (non-hydrogen) atoms. The van der Waals surface area contributed by atoms with E-state index in [-0.39, 0.29) is 17.1 Å². The Bertz CT molecular complexity index is 638. The van der Waals surface area contributed by atoms with Crippen molar-refractivity contribution >= 4 is 5.95 Å². The number of rotatable bonds is 2. The first-order valence-corrected chi connectivity index (χ1v) is 6.17. The Hall–Kier alpha value is -2.24. The van der Waals surface area contributed by atoms with Crippen LogP contribution in [-0.2, 0) is 5.41 Å². The van der Waals surface area contributed by atoms with E-state index >= 15 is 0 Å². The molecule has 2 N–H and O–H groups in total. The SMILES string of the molecule is COc1cc(-c2nc(N)nc(C(C)(C)C)n2)ccc1F. The lowest BCUT2D eigenvalue weighted by molar-refractivity contribution is 0.386. The van der Waals surface area contributed by atoms with Gasteiger partial charge in [-0.05, 0) is 18.2 Å². The van der Waals surface area contributed by atoms with Crippen LogP contribution in [0.15, 0.2) is 18.2 Å². The molecule has 0 fully saturated rings. The fourth-order valence-electron chi connectivity index (χ4n) is 1.66. The van der Waals surface area contributed by atoms with E-state index in [0.29, 0.717) is 17.2 Å². The first kappa shape index (κ1) is 14.2. The van der Waals surface area contributed by atoms with Gasteiger partial charge in [0.05, 0.1) is 7.11 Å². The van der Waals surface area contributed by atoms with Gasteiger partial charge in [-0.1, -0.05) is 20.8 Å². The Morgan fingerprint density at radius 1 is 1.15 bits per heavy atom. The summed E-state index contributed by atoms with van der Waals surface area (Å²) >= 11 is 0. The minimum atomic E-state index is -0.436. The van der Waals surface area contributed by atoms with Gasteiger partial charge in [0, 0.05) is 11.0 Å².